The highest BCUT2D eigenvalue weighted by Gasteiger charge is 2.17. The molecule has 0 rings (SSSR count). The van der Waals surface area contributed by atoms with Crippen molar-refractivity contribution in [3.05, 3.63) is 0 Å². The van der Waals surface area contributed by atoms with Crippen LogP contribution in [-0.4, -0.2) is 119 Å². The summed E-state index contributed by atoms with van der Waals surface area (Å²) in [6.07, 6.45) is 9.44. The van der Waals surface area contributed by atoms with Crippen LogP contribution in [0.3, 0.4) is 0 Å². The van der Waals surface area contributed by atoms with Gasteiger partial charge in [0.05, 0.1) is 77.1 Å². The van der Waals surface area contributed by atoms with Gasteiger partial charge in [-0.15, -0.1) is 0 Å². The van der Waals surface area contributed by atoms with Gasteiger partial charge in [-0.05, 0) is 50.7 Å². The third-order valence-corrected chi connectivity index (χ3v) is 9.60. The van der Waals surface area contributed by atoms with Gasteiger partial charge < -0.3 is 43.8 Å². The van der Waals surface area contributed by atoms with Crippen molar-refractivity contribution < 1.29 is 33.2 Å². The molecule has 0 spiro atoms. The molecule has 0 fully saturated rings. The van der Waals surface area contributed by atoms with E-state index >= 15 is 0 Å². The minimum Gasteiger partial charge on any atom is -0.464 e. The summed E-state index contributed by atoms with van der Waals surface area (Å²) in [6.45, 7) is 19.6. The molecule has 0 saturated carbocycles. The third kappa shape index (κ3) is 29.2. The van der Waals surface area contributed by atoms with E-state index in [1.807, 2.05) is 6.92 Å². The van der Waals surface area contributed by atoms with Crippen LogP contribution in [0.5, 0.6) is 0 Å². The number of rotatable bonds is 35. The lowest BCUT2D eigenvalue weighted by molar-refractivity contribution is -0.00479. The average Bonchev–Trinajstić information content (AvgIpc) is 3.09. The maximum atomic E-state index is 6.01. The number of thiocarbonyl (C=S) groups is 2. The zero-order valence-electron chi connectivity index (χ0n) is 31.6. The summed E-state index contributed by atoms with van der Waals surface area (Å²) in [5.74, 6) is 2.49. The van der Waals surface area contributed by atoms with Crippen molar-refractivity contribution in [3.8, 4) is 0 Å². The van der Waals surface area contributed by atoms with E-state index in [1.54, 1.807) is 0 Å². The molecule has 13 heteroatoms. The maximum Gasteiger partial charge on any atom is 0.257 e. The normalized spacial score (nSPS) is 15.3. The van der Waals surface area contributed by atoms with Crippen molar-refractivity contribution in [1.82, 2.24) is 10.6 Å². The van der Waals surface area contributed by atoms with E-state index in [1.165, 1.54) is 38.5 Å². The van der Waals surface area contributed by atoms with Crippen LogP contribution in [0.15, 0.2) is 0 Å². The molecule has 0 aliphatic heterocycles. The lowest BCUT2D eigenvalue weighted by Crippen LogP contribution is -2.41. The van der Waals surface area contributed by atoms with Crippen molar-refractivity contribution in [2.45, 2.75) is 111 Å². The van der Waals surface area contributed by atoms with Gasteiger partial charge in [-0.25, -0.2) is 0 Å². The molecule has 0 aromatic rings. The standard InChI is InChI=1S/C36H72N2O7S4/c1-7-11-13-31(9-3)23-43-25-33(27-46)35(48)37-29(5)21-41-19-17-39-15-16-40-18-20-42-22-30(6)38-36(49)45-34(28-47)26-44-24-32(10-4)14-12-8-2/h29-34,46-47H,7-28H2,1-6H3,(H,37,48)(H,38,49). The predicted octanol–water partition coefficient (Wildman–Crippen LogP) is 6.95. The van der Waals surface area contributed by atoms with Gasteiger partial charge in [0, 0.05) is 36.7 Å². The Kier molecular flexibility index (Phi) is 35.1. The van der Waals surface area contributed by atoms with Crippen molar-refractivity contribution in [2.75, 3.05) is 90.8 Å². The second-order valence-electron chi connectivity index (χ2n) is 12.8. The second-order valence-corrected chi connectivity index (χ2v) is 14.4. The van der Waals surface area contributed by atoms with Crippen LogP contribution in [0.1, 0.15) is 92.9 Å². The van der Waals surface area contributed by atoms with Crippen molar-refractivity contribution in [3.63, 3.8) is 0 Å². The monoisotopic (exact) mass is 772 g/mol. The minimum atomic E-state index is -0.188. The highest BCUT2D eigenvalue weighted by Crippen LogP contribution is 2.15. The van der Waals surface area contributed by atoms with Crippen LogP contribution >= 0.6 is 49.7 Å². The summed E-state index contributed by atoms with van der Waals surface area (Å²) in [5, 5.41) is 6.88. The van der Waals surface area contributed by atoms with Crippen LogP contribution in [0.4, 0.5) is 0 Å². The highest BCUT2D eigenvalue weighted by atomic mass is 32.1. The molecule has 0 aromatic heterocycles. The van der Waals surface area contributed by atoms with Gasteiger partial charge in [-0.1, -0.05) is 78.4 Å². The topological polar surface area (TPSA) is 88.7 Å². The molecule has 2 N–H and O–H groups in total. The number of nitrogens with one attached hydrogen (secondary N) is 2. The molecule has 9 nitrogen and oxygen atoms in total. The molecule has 6 atom stereocenters. The first kappa shape index (κ1) is 49.0. The van der Waals surface area contributed by atoms with Crippen LogP contribution in [0, 0.1) is 17.8 Å². The summed E-state index contributed by atoms with van der Waals surface area (Å²) in [5.41, 5.74) is 0. The number of unbranched alkanes of at least 4 members (excludes halogenated alkanes) is 2. The van der Waals surface area contributed by atoms with Gasteiger partial charge in [-0.2, -0.15) is 25.3 Å². The largest absolute Gasteiger partial charge is 0.464 e. The molecule has 6 unspecified atom stereocenters. The molecular formula is C36H72N2O7S4. The van der Waals surface area contributed by atoms with Crippen LogP contribution in [0.2, 0.25) is 0 Å². The summed E-state index contributed by atoms with van der Waals surface area (Å²) in [6, 6.07) is 0.0944. The van der Waals surface area contributed by atoms with Gasteiger partial charge in [0.15, 0.2) is 0 Å². The Hall–Kier alpha value is 0.0400. The fourth-order valence-corrected chi connectivity index (χ4v) is 6.06. The molecule has 0 saturated heterocycles. The Balaban J connectivity index is 3.82. The summed E-state index contributed by atoms with van der Waals surface area (Å²) >= 11 is 19.9. The van der Waals surface area contributed by atoms with Crippen LogP contribution in [-0.2, 0) is 33.2 Å². The van der Waals surface area contributed by atoms with E-state index in [2.05, 4.69) is 70.5 Å². The fourth-order valence-electron chi connectivity index (χ4n) is 4.78. The molecule has 49 heavy (non-hydrogen) atoms. The summed E-state index contributed by atoms with van der Waals surface area (Å²) in [7, 11) is 0. The summed E-state index contributed by atoms with van der Waals surface area (Å²) < 4.78 is 40.5. The van der Waals surface area contributed by atoms with Gasteiger partial charge in [0.1, 0.15) is 6.10 Å². The summed E-state index contributed by atoms with van der Waals surface area (Å²) in [4.78, 5) is 0.783. The number of ether oxygens (including phenoxy) is 7. The zero-order chi connectivity index (χ0) is 36.5. The quantitative estimate of drug-likeness (QED) is 0.0307. The Labute approximate surface area is 321 Å². The molecule has 0 amide bonds. The molecule has 0 aliphatic carbocycles. The molecule has 292 valence electrons. The Morgan fingerprint density at radius 3 is 1.49 bits per heavy atom. The SMILES string of the molecule is CCCCC(CC)COCC(CS)OC(=S)NC(C)COCCOCCOCCOCC(C)NC(=S)C(CS)COCC(CC)CCCC. The smallest absolute Gasteiger partial charge is 0.257 e. The molecular weight excluding hydrogens is 701 g/mol. The Bertz CT molecular complexity index is 775. The van der Waals surface area contributed by atoms with Crippen molar-refractivity contribution >= 4 is 59.9 Å². The van der Waals surface area contributed by atoms with E-state index in [0.717, 1.165) is 31.0 Å². The maximum absolute atomic E-state index is 6.01. The van der Waals surface area contributed by atoms with Crippen LogP contribution in [0.25, 0.3) is 0 Å². The number of thiol groups is 2. The highest BCUT2D eigenvalue weighted by molar-refractivity contribution is 7.81. The lowest BCUT2D eigenvalue weighted by atomic mass is 10.0. The van der Waals surface area contributed by atoms with Gasteiger partial charge in [-0.3, -0.25) is 0 Å². The second kappa shape index (κ2) is 35.1. The minimum absolute atomic E-state index is 0.00143. The van der Waals surface area contributed by atoms with Crippen LogP contribution < -0.4 is 10.6 Å². The van der Waals surface area contributed by atoms with Crippen molar-refractivity contribution in [2.24, 2.45) is 17.8 Å². The first-order valence-corrected chi connectivity index (χ1v) is 20.8. The fraction of sp³-hybridized carbons (Fsp3) is 0.944. The zero-order valence-corrected chi connectivity index (χ0v) is 35.0. The average molecular weight is 773 g/mol. The first-order valence-electron chi connectivity index (χ1n) is 18.7. The molecule has 0 radical (unpaired) electrons. The van der Waals surface area contributed by atoms with E-state index in [9.17, 15) is 0 Å². The molecule has 0 bridgehead atoms. The Morgan fingerprint density at radius 1 is 0.571 bits per heavy atom. The van der Waals surface area contributed by atoms with Gasteiger partial charge in [0.25, 0.3) is 5.17 Å². The van der Waals surface area contributed by atoms with Crippen molar-refractivity contribution in [1.29, 1.82) is 0 Å². The van der Waals surface area contributed by atoms with E-state index in [-0.39, 0.29) is 24.1 Å². The third-order valence-electron chi connectivity index (χ3n) is 8.09. The molecule has 0 heterocycles. The van der Waals surface area contributed by atoms with E-state index < -0.39 is 0 Å². The first-order chi connectivity index (χ1) is 23.7. The lowest BCUT2D eigenvalue weighted by Gasteiger charge is -2.23. The molecule has 0 aliphatic rings. The van der Waals surface area contributed by atoms with E-state index in [4.69, 9.17) is 57.6 Å². The predicted molar refractivity (Wildman–Crippen MR) is 218 cm³/mol. The number of hydrogen-bond acceptors (Lipinski definition) is 11. The number of hydrogen-bond donors (Lipinski definition) is 4. The van der Waals surface area contributed by atoms with Gasteiger partial charge >= 0.3 is 0 Å². The van der Waals surface area contributed by atoms with Gasteiger partial charge in [0.2, 0.25) is 0 Å². The Morgan fingerprint density at radius 2 is 1.04 bits per heavy atom. The molecule has 0 aromatic carbocycles. The van der Waals surface area contributed by atoms with E-state index in [0.29, 0.717) is 94.6 Å².